The smallest absolute Gasteiger partial charge is 0.223 e. The van der Waals surface area contributed by atoms with Gasteiger partial charge in [0.15, 0.2) is 0 Å². The molecule has 0 spiro atoms. The van der Waals surface area contributed by atoms with Crippen LogP contribution >= 0.6 is 0 Å². The number of piperidine rings is 1. The van der Waals surface area contributed by atoms with Crippen LogP contribution in [0.5, 0.6) is 0 Å². The van der Waals surface area contributed by atoms with E-state index in [-0.39, 0.29) is 11.9 Å². The van der Waals surface area contributed by atoms with Crippen LogP contribution in [-0.2, 0) is 11.3 Å². The summed E-state index contributed by atoms with van der Waals surface area (Å²) in [6, 6.07) is 10.6. The first kappa shape index (κ1) is 15.0. The summed E-state index contributed by atoms with van der Waals surface area (Å²) in [5, 5.41) is 0. The number of hydrogen-bond acceptors (Lipinski definition) is 3. The molecule has 0 bridgehead atoms. The Balaban J connectivity index is 1.70. The van der Waals surface area contributed by atoms with Gasteiger partial charge in [0.25, 0.3) is 0 Å². The van der Waals surface area contributed by atoms with Crippen LogP contribution in [0.1, 0.15) is 24.8 Å². The third kappa shape index (κ3) is 4.62. The Morgan fingerprint density at radius 1 is 1.30 bits per heavy atom. The summed E-state index contributed by atoms with van der Waals surface area (Å²) >= 11 is 0. The number of nitrogens with two attached hydrogens (primary N) is 1. The summed E-state index contributed by atoms with van der Waals surface area (Å²) in [4.78, 5) is 16.3. The van der Waals surface area contributed by atoms with Crippen molar-refractivity contribution < 1.29 is 4.79 Å². The summed E-state index contributed by atoms with van der Waals surface area (Å²) in [6.45, 7) is 3.33. The number of carbonyl (C=O) groups excluding carboxylic acids is 1. The highest BCUT2D eigenvalue weighted by atomic mass is 16.2. The van der Waals surface area contributed by atoms with Crippen molar-refractivity contribution in [3.05, 3.63) is 35.9 Å². The van der Waals surface area contributed by atoms with Crippen LogP contribution in [-0.4, -0.2) is 48.4 Å². The first-order valence-electron chi connectivity index (χ1n) is 7.41. The maximum absolute atomic E-state index is 12.1. The molecule has 2 N–H and O–H groups in total. The van der Waals surface area contributed by atoms with Gasteiger partial charge in [-0.1, -0.05) is 30.3 Å². The molecule has 0 atom stereocenters. The minimum Gasteiger partial charge on any atom is -0.343 e. The molecule has 0 saturated carbocycles. The number of amides is 1. The molecule has 1 aromatic rings. The number of carbonyl (C=O) groups is 1. The lowest BCUT2D eigenvalue weighted by atomic mass is 10.1. The van der Waals surface area contributed by atoms with E-state index >= 15 is 0 Å². The van der Waals surface area contributed by atoms with Crippen molar-refractivity contribution in [3.63, 3.8) is 0 Å². The highest BCUT2D eigenvalue weighted by Gasteiger charge is 2.20. The fourth-order valence-corrected chi connectivity index (χ4v) is 2.57. The molecule has 110 valence electrons. The van der Waals surface area contributed by atoms with E-state index in [1.807, 2.05) is 23.1 Å². The van der Waals surface area contributed by atoms with Gasteiger partial charge in [-0.25, -0.2) is 0 Å². The Kier molecular flexibility index (Phi) is 5.56. The largest absolute Gasteiger partial charge is 0.343 e. The van der Waals surface area contributed by atoms with Gasteiger partial charge < -0.3 is 15.5 Å². The lowest BCUT2D eigenvalue weighted by Crippen LogP contribution is -2.43. The Morgan fingerprint density at radius 2 is 1.95 bits per heavy atom. The first-order valence-corrected chi connectivity index (χ1v) is 7.41. The van der Waals surface area contributed by atoms with Crippen molar-refractivity contribution in [1.82, 2.24) is 9.80 Å². The summed E-state index contributed by atoms with van der Waals surface area (Å²) in [6.07, 6.45) is 2.47. The minimum atomic E-state index is 0.261. The molecule has 20 heavy (non-hydrogen) atoms. The first-order chi connectivity index (χ1) is 9.65. The molecule has 0 aromatic heterocycles. The molecule has 1 saturated heterocycles. The minimum absolute atomic E-state index is 0.261. The summed E-state index contributed by atoms with van der Waals surface area (Å²) in [5.74, 6) is 0.261. The molecule has 1 heterocycles. The van der Waals surface area contributed by atoms with Crippen LogP contribution in [0.4, 0.5) is 0 Å². The summed E-state index contributed by atoms with van der Waals surface area (Å²) < 4.78 is 0. The molecule has 0 unspecified atom stereocenters. The maximum Gasteiger partial charge on any atom is 0.223 e. The molecular formula is C16H25N3O. The highest BCUT2D eigenvalue weighted by Crippen LogP contribution is 2.10. The third-order valence-corrected chi connectivity index (χ3v) is 3.90. The van der Waals surface area contributed by atoms with Gasteiger partial charge in [-0.3, -0.25) is 4.79 Å². The van der Waals surface area contributed by atoms with Crippen LogP contribution in [0.15, 0.2) is 30.3 Å². The third-order valence-electron chi connectivity index (χ3n) is 3.90. The molecule has 4 nitrogen and oxygen atoms in total. The Morgan fingerprint density at radius 3 is 2.60 bits per heavy atom. The van der Waals surface area contributed by atoms with Gasteiger partial charge in [-0.05, 0) is 25.5 Å². The van der Waals surface area contributed by atoms with Crippen LogP contribution in [0.25, 0.3) is 0 Å². The highest BCUT2D eigenvalue weighted by molar-refractivity contribution is 5.76. The monoisotopic (exact) mass is 275 g/mol. The van der Waals surface area contributed by atoms with Crippen molar-refractivity contribution in [3.8, 4) is 0 Å². The zero-order valence-corrected chi connectivity index (χ0v) is 12.3. The van der Waals surface area contributed by atoms with Crippen LogP contribution in [0.2, 0.25) is 0 Å². The van der Waals surface area contributed by atoms with Gasteiger partial charge in [0.05, 0.1) is 0 Å². The van der Waals surface area contributed by atoms with Gasteiger partial charge in [0.1, 0.15) is 0 Å². The van der Waals surface area contributed by atoms with Crippen molar-refractivity contribution in [2.24, 2.45) is 5.73 Å². The number of likely N-dealkylation sites (tertiary alicyclic amines) is 1. The molecule has 1 amide bonds. The second-order valence-corrected chi connectivity index (χ2v) is 5.69. The van der Waals surface area contributed by atoms with Crippen LogP contribution < -0.4 is 5.73 Å². The van der Waals surface area contributed by atoms with Gasteiger partial charge in [0, 0.05) is 38.6 Å². The van der Waals surface area contributed by atoms with Gasteiger partial charge >= 0.3 is 0 Å². The van der Waals surface area contributed by atoms with E-state index in [9.17, 15) is 4.79 Å². The van der Waals surface area contributed by atoms with Gasteiger partial charge in [-0.2, -0.15) is 0 Å². The number of rotatable bonds is 5. The van der Waals surface area contributed by atoms with E-state index < -0.39 is 0 Å². The van der Waals surface area contributed by atoms with E-state index in [0.29, 0.717) is 6.42 Å². The second kappa shape index (κ2) is 7.41. The van der Waals surface area contributed by atoms with E-state index in [1.165, 1.54) is 5.56 Å². The van der Waals surface area contributed by atoms with Crippen molar-refractivity contribution in [2.75, 3.05) is 26.7 Å². The van der Waals surface area contributed by atoms with Gasteiger partial charge in [0.2, 0.25) is 5.91 Å². The molecule has 0 aliphatic carbocycles. The van der Waals surface area contributed by atoms with Crippen molar-refractivity contribution in [2.45, 2.75) is 31.8 Å². The van der Waals surface area contributed by atoms with Crippen LogP contribution in [0.3, 0.4) is 0 Å². The molecule has 1 aliphatic rings. The number of benzene rings is 1. The molecule has 4 heteroatoms. The summed E-state index contributed by atoms with van der Waals surface area (Å²) in [5.41, 5.74) is 7.14. The fourth-order valence-electron chi connectivity index (χ4n) is 2.57. The molecule has 0 radical (unpaired) electrons. The van der Waals surface area contributed by atoms with Crippen molar-refractivity contribution in [1.29, 1.82) is 0 Å². The van der Waals surface area contributed by atoms with Crippen molar-refractivity contribution >= 4 is 5.91 Å². The molecule has 1 fully saturated rings. The lowest BCUT2D eigenvalue weighted by molar-refractivity contribution is -0.132. The van der Waals surface area contributed by atoms with E-state index in [0.717, 1.165) is 39.0 Å². The SMILES string of the molecule is CN(CCC(=O)N1CCC(N)CC1)Cc1ccccc1. The van der Waals surface area contributed by atoms with E-state index in [2.05, 4.69) is 24.1 Å². The summed E-state index contributed by atoms with van der Waals surface area (Å²) in [7, 11) is 2.06. The predicted molar refractivity (Wildman–Crippen MR) is 81.2 cm³/mol. The van der Waals surface area contributed by atoms with Crippen LogP contribution in [0, 0.1) is 0 Å². The normalized spacial score (nSPS) is 16.6. The Bertz CT molecular complexity index is 413. The lowest BCUT2D eigenvalue weighted by Gasteiger charge is -2.30. The van der Waals surface area contributed by atoms with E-state index in [4.69, 9.17) is 5.73 Å². The topological polar surface area (TPSA) is 49.6 Å². The zero-order valence-electron chi connectivity index (χ0n) is 12.3. The number of nitrogens with zero attached hydrogens (tertiary/aromatic N) is 2. The standard InChI is InChI=1S/C16H25N3O/c1-18(13-14-5-3-2-4-6-14)10-9-16(20)19-11-7-15(17)8-12-19/h2-6,15H,7-13,17H2,1H3. The molecule has 1 aromatic carbocycles. The fraction of sp³-hybridized carbons (Fsp3) is 0.562. The van der Waals surface area contributed by atoms with Gasteiger partial charge in [-0.15, -0.1) is 0 Å². The number of hydrogen-bond donors (Lipinski definition) is 1. The maximum atomic E-state index is 12.1. The second-order valence-electron chi connectivity index (χ2n) is 5.69. The quantitative estimate of drug-likeness (QED) is 0.885. The average molecular weight is 275 g/mol. The van der Waals surface area contributed by atoms with E-state index in [1.54, 1.807) is 0 Å². The Hall–Kier alpha value is -1.39. The average Bonchev–Trinajstić information content (AvgIpc) is 2.46. The Labute approximate surface area is 121 Å². The molecule has 1 aliphatic heterocycles. The predicted octanol–water partition coefficient (Wildman–Crippen LogP) is 1.46. The molecular weight excluding hydrogens is 250 g/mol. The molecule has 2 rings (SSSR count). The zero-order chi connectivity index (χ0) is 14.4.